The Morgan fingerprint density at radius 1 is 1.40 bits per heavy atom. The van der Waals surface area contributed by atoms with Gasteiger partial charge in [0.25, 0.3) is 0 Å². The van der Waals surface area contributed by atoms with Crippen molar-refractivity contribution in [3.63, 3.8) is 0 Å². The molecule has 0 aromatic carbocycles. The molecule has 0 aliphatic rings. The van der Waals surface area contributed by atoms with E-state index in [-0.39, 0.29) is 0 Å². The molecule has 0 radical (unpaired) electrons. The lowest BCUT2D eigenvalue weighted by molar-refractivity contribution is 0.469. The summed E-state index contributed by atoms with van der Waals surface area (Å²) in [7, 11) is 0. The highest BCUT2D eigenvalue weighted by atomic mass is 14.0. The zero-order valence-corrected chi connectivity index (χ0v) is 3.50. The average molecular weight is 78.2 g/mol. The maximum absolute atomic E-state index is 6.96. The van der Waals surface area contributed by atoms with E-state index in [2.05, 4.69) is 0 Å². The van der Waals surface area contributed by atoms with Gasteiger partial charge in [-0.3, -0.25) is 0 Å². The van der Waals surface area contributed by atoms with Crippen molar-refractivity contribution in [3.05, 3.63) is 0 Å². The molecule has 32 valence electrons. The third-order valence-corrected chi connectivity index (χ3v) is 0. The highest BCUT2D eigenvalue weighted by Crippen LogP contribution is 2.07. The molecular weight excluding hydrogens is 60.1 g/mol. The monoisotopic (exact) mass is 78.1 g/mol. The lowest BCUT2D eigenvalue weighted by Gasteiger charge is -2.05. The average Bonchev–Trinajstić information content (AvgIpc) is 1.58. The first kappa shape index (κ1) is 0.800. The van der Waals surface area contributed by atoms with E-state index in [1.54, 1.807) is 0 Å². The normalized spacial score (nSPS) is 34.8. The molecule has 0 saturated carbocycles. The maximum atomic E-state index is 6.96. The van der Waals surface area contributed by atoms with Crippen LogP contribution in [0.25, 0.3) is 0 Å². The smallest absolute Gasteiger partial charge is 0.0236 e. The molecule has 0 atom stereocenters. The minimum absolute atomic E-state index is 1.23. The van der Waals surface area contributed by atoms with E-state index < -0.39 is 19.1 Å². The van der Waals surface area contributed by atoms with E-state index in [1.807, 2.05) is 0 Å². The Balaban J connectivity index is 4.75. The number of rotatable bonds is 0. The molecule has 0 aromatic heterocycles. The molecule has 5 heavy (non-hydrogen) atoms. The van der Waals surface area contributed by atoms with Gasteiger partial charge in [-0.2, -0.15) is 0 Å². The van der Waals surface area contributed by atoms with Crippen LogP contribution in [0.2, 0.25) is 0 Å². The molecule has 0 aliphatic carbocycles. The highest BCUT2D eigenvalue weighted by Gasteiger charge is 1.95. The summed E-state index contributed by atoms with van der Waals surface area (Å²) in [6.45, 7) is -2.41. The Kier molecular flexibility index (Phi) is 0.160. The molecule has 0 saturated heterocycles. The van der Waals surface area contributed by atoms with Crippen LogP contribution in [0.3, 0.4) is 0 Å². The lowest BCUT2D eigenvalue weighted by Crippen LogP contribution is -1.93. The van der Waals surface area contributed by atoms with Crippen molar-refractivity contribution < 1.29 is 8.22 Å². The zero-order valence-electron chi connectivity index (χ0n) is 9.50. The van der Waals surface area contributed by atoms with Gasteiger partial charge >= 0.3 is 0 Å². The van der Waals surface area contributed by atoms with E-state index in [9.17, 15) is 0 Å². The van der Waals surface area contributed by atoms with Crippen LogP contribution >= 0.6 is 0 Å². The molecule has 0 unspecified atom stereocenters. The first-order valence-corrected chi connectivity index (χ1v) is 1.50. The van der Waals surface area contributed by atoms with Crippen molar-refractivity contribution >= 4 is 0 Å². The van der Waals surface area contributed by atoms with Crippen LogP contribution in [0.15, 0.2) is 0 Å². The van der Waals surface area contributed by atoms with E-state index in [1.165, 1.54) is 13.8 Å². The predicted molar refractivity (Wildman–Crippen MR) is 25.1 cm³/mol. The topological polar surface area (TPSA) is 0 Å². The minimum Gasteiger partial charge on any atom is -0.0604 e. The summed E-state index contributed by atoms with van der Waals surface area (Å²) in [6.07, 6.45) is 0. The Labute approximate surface area is 42.6 Å². The van der Waals surface area contributed by atoms with Crippen molar-refractivity contribution in [2.24, 2.45) is 5.41 Å². The van der Waals surface area contributed by atoms with Gasteiger partial charge < -0.3 is 0 Å². The molecule has 0 heteroatoms. The van der Waals surface area contributed by atoms with Crippen molar-refractivity contribution in [1.82, 2.24) is 0 Å². The molecule has 0 bridgehead atoms. The summed E-state index contributed by atoms with van der Waals surface area (Å²) in [4.78, 5) is 0. The predicted octanol–water partition coefficient (Wildman–Crippen LogP) is 2.05. The highest BCUT2D eigenvalue weighted by molar-refractivity contribution is 4.47. The fourth-order valence-corrected chi connectivity index (χ4v) is 0. The fraction of sp³-hybridized carbons (Fsp3) is 1.00. The summed E-state index contributed by atoms with van der Waals surface area (Å²) in [5.74, 6) is 0. The van der Waals surface area contributed by atoms with Gasteiger partial charge in [0.2, 0.25) is 0 Å². The second-order valence-electron chi connectivity index (χ2n) is 1.62. The summed E-state index contributed by atoms with van der Waals surface area (Å²) in [5, 5.41) is 0. The van der Waals surface area contributed by atoms with Gasteiger partial charge in [0.15, 0.2) is 0 Å². The van der Waals surface area contributed by atoms with Gasteiger partial charge in [0.05, 0.1) is 0 Å². The third-order valence-electron chi connectivity index (χ3n) is 0. The van der Waals surface area contributed by atoms with E-state index in [0.29, 0.717) is 0 Å². The zero-order chi connectivity index (χ0) is 9.50. The standard InChI is InChI=1S/C5H12/c1-5(2,3)4/h1-4H3/i1D3,2D3. The second-order valence-corrected chi connectivity index (χ2v) is 1.62. The molecule has 0 fully saturated rings. The van der Waals surface area contributed by atoms with Gasteiger partial charge in [-0.05, 0) is 5.41 Å². The van der Waals surface area contributed by atoms with E-state index in [4.69, 9.17) is 8.22 Å². The SMILES string of the molecule is [2H]C([2H])([2H])C(C)(C)C([2H])([2H])[2H]. The number of hydrogen-bond donors (Lipinski definition) is 0. The van der Waals surface area contributed by atoms with Crippen molar-refractivity contribution in [2.75, 3.05) is 0 Å². The maximum Gasteiger partial charge on any atom is 0.0236 e. The van der Waals surface area contributed by atoms with Gasteiger partial charge in [-0.25, -0.2) is 0 Å². The van der Waals surface area contributed by atoms with Crippen LogP contribution in [0.4, 0.5) is 0 Å². The Bertz CT molecular complexity index is 122. The molecule has 0 aromatic rings. The molecule has 0 heterocycles. The second kappa shape index (κ2) is 1.00. The first-order chi connectivity index (χ1) is 4.50. The van der Waals surface area contributed by atoms with Gasteiger partial charge in [0.1, 0.15) is 0 Å². The molecular formula is C5H12. The minimum atomic E-state index is -2.43. The summed E-state index contributed by atoms with van der Waals surface area (Å²) in [6, 6.07) is 0. The van der Waals surface area contributed by atoms with Crippen LogP contribution in [-0.2, 0) is 0 Å². The van der Waals surface area contributed by atoms with Crippen LogP contribution in [0.5, 0.6) is 0 Å². The van der Waals surface area contributed by atoms with Crippen LogP contribution < -0.4 is 0 Å². The quantitative estimate of drug-likeness (QED) is 0.416. The third kappa shape index (κ3) is 0. The molecule has 0 rings (SSSR count). The fourth-order valence-electron chi connectivity index (χ4n) is 0. The van der Waals surface area contributed by atoms with Gasteiger partial charge in [0, 0.05) is 8.22 Å². The number of hydrogen-bond acceptors (Lipinski definition) is 0. The molecule has 0 N–H and O–H groups in total. The van der Waals surface area contributed by atoms with Crippen LogP contribution in [0, 0.1) is 5.41 Å². The lowest BCUT2D eigenvalue weighted by atomic mass is 10.0. The Hall–Kier alpha value is 0. The molecule has 0 spiro atoms. The van der Waals surface area contributed by atoms with E-state index >= 15 is 0 Å². The van der Waals surface area contributed by atoms with E-state index in [0.717, 1.165) is 0 Å². The first-order valence-electron chi connectivity index (χ1n) is 4.50. The van der Waals surface area contributed by atoms with Crippen molar-refractivity contribution in [1.29, 1.82) is 0 Å². The summed E-state index contributed by atoms with van der Waals surface area (Å²) >= 11 is 0. The Morgan fingerprint density at radius 2 is 1.80 bits per heavy atom. The summed E-state index contributed by atoms with van der Waals surface area (Å²) in [5.41, 5.74) is -1.62. The van der Waals surface area contributed by atoms with Gasteiger partial charge in [-0.1, -0.05) is 27.6 Å². The molecule has 0 aliphatic heterocycles. The molecule has 0 amide bonds. The van der Waals surface area contributed by atoms with Gasteiger partial charge in [-0.15, -0.1) is 0 Å². The summed E-state index contributed by atoms with van der Waals surface area (Å²) < 4.78 is 41.8. The molecule has 0 nitrogen and oxygen atoms in total. The largest absolute Gasteiger partial charge is 0.0604 e. The van der Waals surface area contributed by atoms with Crippen molar-refractivity contribution in [2.45, 2.75) is 27.6 Å². The van der Waals surface area contributed by atoms with Crippen LogP contribution in [0.1, 0.15) is 35.8 Å². The van der Waals surface area contributed by atoms with Crippen molar-refractivity contribution in [3.8, 4) is 0 Å². The van der Waals surface area contributed by atoms with Crippen LogP contribution in [-0.4, -0.2) is 0 Å². The Morgan fingerprint density at radius 3 is 1.80 bits per heavy atom.